The minimum Gasteiger partial charge on any atom is -0.399 e. The zero-order chi connectivity index (χ0) is 13.2. The van der Waals surface area contributed by atoms with Crippen LogP contribution in [0.2, 0.25) is 0 Å². The third kappa shape index (κ3) is 3.16. The van der Waals surface area contributed by atoms with Crippen molar-refractivity contribution in [3.8, 4) is 0 Å². The standard InChI is InChI=1S/C15H24N2O/c1-4-17(13-7-5-12(16)6-8-13)11-14-9-10-15(2,3)18-14/h5-8,14H,4,9-11,16H2,1-3H3. The third-order valence-electron chi connectivity index (χ3n) is 3.62. The second-order valence-corrected chi connectivity index (χ2v) is 5.67. The van der Waals surface area contributed by atoms with E-state index in [1.54, 1.807) is 0 Å². The first-order valence-corrected chi connectivity index (χ1v) is 6.78. The summed E-state index contributed by atoms with van der Waals surface area (Å²) in [4.78, 5) is 2.35. The van der Waals surface area contributed by atoms with Crippen LogP contribution in [0.5, 0.6) is 0 Å². The number of rotatable bonds is 4. The second kappa shape index (κ2) is 5.19. The highest BCUT2D eigenvalue weighted by Gasteiger charge is 2.32. The topological polar surface area (TPSA) is 38.5 Å². The van der Waals surface area contributed by atoms with Crippen LogP contribution in [0.3, 0.4) is 0 Å². The fraction of sp³-hybridized carbons (Fsp3) is 0.600. The molecule has 3 nitrogen and oxygen atoms in total. The Kier molecular flexibility index (Phi) is 3.81. The van der Waals surface area contributed by atoms with Gasteiger partial charge in [0.25, 0.3) is 0 Å². The molecule has 2 rings (SSSR count). The summed E-state index contributed by atoms with van der Waals surface area (Å²) in [6.45, 7) is 8.48. The number of anilines is 2. The second-order valence-electron chi connectivity index (χ2n) is 5.67. The zero-order valence-electron chi connectivity index (χ0n) is 11.6. The first-order chi connectivity index (χ1) is 8.50. The zero-order valence-corrected chi connectivity index (χ0v) is 11.6. The summed E-state index contributed by atoms with van der Waals surface area (Å²) in [5, 5.41) is 0. The lowest BCUT2D eigenvalue weighted by molar-refractivity contribution is -0.0114. The third-order valence-corrected chi connectivity index (χ3v) is 3.62. The lowest BCUT2D eigenvalue weighted by atomic mass is 10.1. The van der Waals surface area contributed by atoms with Crippen LogP contribution in [0, 0.1) is 0 Å². The van der Waals surface area contributed by atoms with E-state index in [1.165, 1.54) is 5.69 Å². The number of hydrogen-bond donors (Lipinski definition) is 1. The molecule has 1 heterocycles. The van der Waals surface area contributed by atoms with Gasteiger partial charge in [0, 0.05) is 24.5 Å². The molecule has 2 N–H and O–H groups in total. The SMILES string of the molecule is CCN(CC1CCC(C)(C)O1)c1ccc(N)cc1. The molecule has 1 unspecified atom stereocenters. The van der Waals surface area contributed by atoms with Crippen molar-refractivity contribution in [3.63, 3.8) is 0 Å². The van der Waals surface area contributed by atoms with E-state index in [9.17, 15) is 0 Å². The average molecular weight is 248 g/mol. The molecule has 18 heavy (non-hydrogen) atoms. The van der Waals surface area contributed by atoms with Crippen molar-refractivity contribution in [2.24, 2.45) is 0 Å². The molecule has 1 aliphatic rings. The molecule has 0 aromatic heterocycles. The van der Waals surface area contributed by atoms with Crippen molar-refractivity contribution >= 4 is 11.4 Å². The summed E-state index contributed by atoms with van der Waals surface area (Å²) in [5.74, 6) is 0. The number of likely N-dealkylation sites (N-methyl/N-ethyl adjacent to an activating group) is 1. The van der Waals surface area contributed by atoms with Gasteiger partial charge in [-0.1, -0.05) is 0 Å². The van der Waals surface area contributed by atoms with E-state index in [4.69, 9.17) is 10.5 Å². The number of ether oxygens (including phenoxy) is 1. The summed E-state index contributed by atoms with van der Waals surface area (Å²) >= 11 is 0. The Balaban J connectivity index is 2.00. The van der Waals surface area contributed by atoms with Crippen LogP contribution in [-0.4, -0.2) is 24.8 Å². The van der Waals surface area contributed by atoms with Crippen LogP contribution in [0.1, 0.15) is 33.6 Å². The summed E-state index contributed by atoms with van der Waals surface area (Å²) in [5.41, 5.74) is 7.81. The van der Waals surface area contributed by atoms with Crippen molar-refractivity contribution in [1.29, 1.82) is 0 Å². The van der Waals surface area contributed by atoms with E-state index in [0.29, 0.717) is 6.10 Å². The lowest BCUT2D eigenvalue weighted by Gasteiger charge is -2.27. The van der Waals surface area contributed by atoms with Gasteiger partial charge in [0.05, 0.1) is 11.7 Å². The van der Waals surface area contributed by atoms with Gasteiger partial charge in [-0.3, -0.25) is 0 Å². The first kappa shape index (κ1) is 13.2. The molecule has 1 aromatic carbocycles. The number of nitrogen functional groups attached to an aromatic ring is 1. The molecule has 1 saturated heterocycles. The van der Waals surface area contributed by atoms with Crippen LogP contribution >= 0.6 is 0 Å². The maximum absolute atomic E-state index is 6.06. The van der Waals surface area contributed by atoms with Crippen molar-refractivity contribution in [3.05, 3.63) is 24.3 Å². The number of nitrogens with two attached hydrogens (primary N) is 1. The van der Waals surface area contributed by atoms with Crippen LogP contribution in [-0.2, 0) is 4.74 Å². The number of nitrogens with zero attached hydrogens (tertiary/aromatic N) is 1. The van der Waals surface area contributed by atoms with Crippen molar-refractivity contribution < 1.29 is 4.74 Å². The van der Waals surface area contributed by atoms with E-state index >= 15 is 0 Å². The van der Waals surface area contributed by atoms with Gasteiger partial charge >= 0.3 is 0 Å². The van der Waals surface area contributed by atoms with Crippen molar-refractivity contribution in [2.45, 2.75) is 45.3 Å². The Morgan fingerprint density at radius 3 is 2.50 bits per heavy atom. The molecule has 3 heteroatoms. The van der Waals surface area contributed by atoms with Gasteiger partial charge in [-0.25, -0.2) is 0 Å². The molecule has 0 spiro atoms. The van der Waals surface area contributed by atoms with Crippen LogP contribution in [0.15, 0.2) is 24.3 Å². The molecule has 100 valence electrons. The summed E-state index contributed by atoms with van der Waals surface area (Å²) in [6, 6.07) is 8.08. The fourth-order valence-corrected chi connectivity index (χ4v) is 2.55. The molecular weight excluding hydrogens is 224 g/mol. The molecule has 0 aliphatic carbocycles. The van der Waals surface area contributed by atoms with Crippen molar-refractivity contribution in [1.82, 2.24) is 0 Å². The minimum atomic E-state index is 0.0468. The van der Waals surface area contributed by atoms with Gasteiger partial charge in [0.2, 0.25) is 0 Å². The highest BCUT2D eigenvalue weighted by Crippen LogP contribution is 2.30. The Morgan fingerprint density at radius 2 is 2.00 bits per heavy atom. The van der Waals surface area contributed by atoms with Crippen LogP contribution in [0.4, 0.5) is 11.4 Å². The summed E-state index contributed by atoms with van der Waals surface area (Å²) in [7, 11) is 0. The summed E-state index contributed by atoms with van der Waals surface area (Å²) < 4.78 is 6.06. The van der Waals surface area contributed by atoms with E-state index in [1.807, 2.05) is 12.1 Å². The maximum atomic E-state index is 6.06. The van der Waals surface area contributed by atoms with E-state index in [-0.39, 0.29) is 5.60 Å². The lowest BCUT2D eigenvalue weighted by Crippen LogP contribution is -2.33. The molecule has 0 bridgehead atoms. The average Bonchev–Trinajstić information content (AvgIpc) is 2.67. The smallest absolute Gasteiger partial charge is 0.0758 e. The normalized spacial score (nSPS) is 22.1. The Morgan fingerprint density at radius 1 is 1.33 bits per heavy atom. The van der Waals surface area contributed by atoms with Gasteiger partial charge < -0.3 is 15.4 Å². The molecule has 1 fully saturated rings. The van der Waals surface area contributed by atoms with Gasteiger partial charge in [0.1, 0.15) is 0 Å². The highest BCUT2D eigenvalue weighted by atomic mass is 16.5. The highest BCUT2D eigenvalue weighted by molar-refractivity contribution is 5.53. The monoisotopic (exact) mass is 248 g/mol. The number of hydrogen-bond acceptors (Lipinski definition) is 3. The minimum absolute atomic E-state index is 0.0468. The van der Waals surface area contributed by atoms with E-state index < -0.39 is 0 Å². The molecule has 0 amide bonds. The van der Waals surface area contributed by atoms with Gasteiger partial charge in [-0.15, -0.1) is 0 Å². The Bertz CT molecular complexity index is 386. The van der Waals surface area contributed by atoms with Gasteiger partial charge in [-0.2, -0.15) is 0 Å². The van der Waals surface area contributed by atoms with Gasteiger partial charge in [0.15, 0.2) is 0 Å². The molecule has 0 saturated carbocycles. The molecule has 1 aliphatic heterocycles. The summed E-state index contributed by atoms with van der Waals surface area (Å²) in [6.07, 6.45) is 2.65. The van der Waals surface area contributed by atoms with Gasteiger partial charge in [-0.05, 0) is 57.9 Å². The molecule has 0 radical (unpaired) electrons. The largest absolute Gasteiger partial charge is 0.399 e. The Labute approximate surface area is 110 Å². The fourth-order valence-electron chi connectivity index (χ4n) is 2.55. The predicted molar refractivity (Wildman–Crippen MR) is 76.9 cm³/mol. The first-order valence-electron chi connectivity index (χ1n) is 6.78. The van der Waals surface area contributed by atoms with Crippen molar-refractivity contribution in [2.75, 3.05) is 23.7 Å². The van der Waals surface area contributed by atoms with E-state index in [2.05, 4.69) is 37.8 Å². The molecule has 1 aromatic rings. The Hall–Kier alpha value is -1.22. The molecular formula is C15H24N2O. The predicted octanol–water partition coefficient (Wildman–Crippen LogP) is 3.05. The quantitative estimate of drug-likeness (QED) is 0.832. The number of benzene rings is 1. The van der Waals surface area contributed by atoms with E-state index in [0.717, 1.165) is 31.6 Å². The van der Waals surface area contributed by atoms with Crippen LogP contribution < -0.4 is 10.6 Å². The van der Waals surface area contributed by atoms with Crippen LogP contribution in [0.25, 0.3) is 0 Å². The maximum Gasteiger partial charge on any atom is 0.0758 e. The molecule has 1 atom stereocenters.